The predicted molar refractivity (Wildman–Crippen MR) is 83.7 cm³/mol. The fourth-order valence-electron chi connectivity index (χ4n) is 2.07. The van der Waals surface area contributed by atoms with Gasteiger partial charge in [0.1, 0.15) is 0 Å². The van der Waals surface area contributed by atoms with Crippen molar-refractivity contribution in [3.8, 4) is 6.07 Å². The van der Waals surface area contributed by atoms with Gasteiger partial charge in [-0.3, -0.25) is 4.79 Å². The number of hydrogen-bond acceptors (Lipinski definition) is 3. The summed E-state index contributed by atoms with van der Waals surface area (Å²) in [5.41, 5.74) is 8.93. The zero-order chi connectivity index (χ0) is 15.2. The molecule has 2 aromatic carbocycles. The number of nitrogens with two attached hydrogens (primary N) is 1. The fraction of sp³-hybridized carbons (Fsp3) is 0.176. The van der Waals surface area contributed by atoms with Crippen LogP contribution in [0, 0.1) is 11.3 Å². The first-order chi connectivity index (χ1) is 10.1. The molecule has 0 aliphatic carbocycles. The fourth-order valence-corrected chi connectivity index (χ4v) is 2.07. The number of para-hydroxylation sites is 1. The first kappa shape index (κ1) is 14.6. The summed E-state index contributed by atoms with van der Waals surface area (Å²) in [6.45, 7) is 0. The molecule has 0 atom stereocenters. The van der Waals surface area contributed by atoms with E-state index in [4.69, 9.17) is 11.0 Å². The third kappa shape index (κ3) is 3.61. The van der Waals surface area contributed by atoms with Crippen molar-refractivity contribution in [2.75, 3.05) is 17.7 Å². The van der Waals surface area contributed by atoms with E-state index < -0.39 is 0 Å². The molecule has 0 fully saturated rings. The summed E-state index contributed by atoms with van der Waals surface area (Å²) in [5, 5.41) is 8.77. The van der Waals surface area contributed by atoms with Crippen LogP contribution < -0.4 is 10.6 Å². The topological polar surface area (TPSA) is 70.1 Å². The Labute approximate surface area is 124 Å². The van der Waals surface area contributed by atoms with Gasteiger partial charge in [-0.05, 0) is 42.3 Å². The largest absolute Gasteiger partial charge is 0.399 e. The summed E-state index contributed by atoms with van der Waals surface area (Å²) in [6, 6.07) is 16.6. The summed E-state index contributed by atoms with van der Waals surface area (Å²) in [6.07, 6.45) is 1.01. The first-order valence-electron chi connectivity index (χ1n) is 6.72. The van der Waals surface area contributed by atoms with Crippen molar-refractivity contribution in [2.45, 2.75) is 12.8 Å². The van der Waals surface area contributed by atoms with Crippen LogP contribution in [0.25, 0.3) is 0 Å². The lowest BCUT2D eigenvalue weighted by Crippen LogP contribution is -2.26. The number of anilines is 2. The second-order valence-electron chi connectivity index (χ2n) is 4.81. The maximum atomic E-state index is 12.2. The molecule has 2 aromatic rings. The van der Waals surface area contributed by atoms with Gasteiger partial charge < -0.3 is 10.6 Å². The van der Waals surface area contributed by atoms with Crippen molar-refractivity contribution >= 4 is 17.3 Å². The SMILES string of the molecule is CN(C(=O)CCc1ccccc1N)c1ccc(C#N)cc1. The van der Waals surface area contributed by atoms with Crippen molar-refractivity contribution in [1.29, 1.82) is 5.26 Å². The molecule has 4 nitrogen and oxygen atoms in total. The Morgan fingerprint density at radius 3 is 2.48 bits per heavy atom. The monoisotopic (exact) mass is 279 g/mol. The second kappa shape index (κ2) is 6.58. The van der Waals surface area contributed by atoms with E-state index >= 15 is 0 Å². The number of nitrogens with zero attached hydrogens (tertiary/aromatic N) is 2. The smallest absolute Gasteiger partial charge is 0.227 e. The highest BCUT2D eigenvalue weighted by Gasteiger charge is 2.11. The second-order valence-corrected chi connectivity index (χ2v) is 4.81. The molecule has 0 heterocycles. The van der Waals surface area contributed by atoms with Crippen LogP contribution in [0.4, 0.5) is 11.4 Å². The van der Waals surface area contributed by atoms with Gasteiger partial charge in [0, 0.05) is 24.8 Å². The Bertz CT molecular complexity index is 671. The zero-order valence-corrected chi connectivity index (χ0v) is 11.9. The number of benzene rings is 2. The van der Waals surface area contributed by atoms with Gasteiger partial charge in [-0.25, -0.2) is 0 Å². The third-order valence-electron chi connectivity index (χ3n) is 3.42. The normalized spacial score (nSPS) is 9.90. The highest BCUT2D eigenvalue weighted by molar-refractivity contribution is 5.93. The maximum absolute atomic E-state index is 12.2. The molecule has 0 radical (unpaired) electrons. The molecule has 106 valence electrons. The number of hydrogen-bond donors (Lipinski definition) is 1. The molecule has 1 amide bonds. The highest BCUT2D eigenvalue weighted by Crippen LogP contribution is 2.17. The van der Waals surface area contributed by atoms with E-state index in [2.05, 4.69) is 6.07 Å². The minimum absolute atomic E-state index is 0.0166. The number of aryl methyl sites for hydroxylation is 1. The van der Waals surface area contributed by atoms with Crippen LogP contribution in [0.3, 0.4) is 0 Å². The third-order valence-corrected chi connectivity index (χ3v) is 3.42. The average molecular weight is 279 g/mol. The van der Waals surface area contributed by atoms with Crippen LogP contribution in [-0.4, -0.2) is 13.0 Å². The molecule has 21 heavy (non-hydrogen) atoms. The average Bonchev–Trinajstić information content (AvgIpc) is 2.53. The Kier molecular flexibility index (Phi) is 4.57. The Morgan fingerprint density at radius 2 is 1.86 bits per heavy atom. The lowest BCUT2D eigenvalue weighted by molar-refractivity contribution is -0.118. The van der Waals surface area contributed by atoms with Crippen LogP contribution in [0.1, 0.15) is 17.5 Å². The molecule has 0 unspecified atom stereocenters. The number of nitrogen functional groups attached to an aromatic ring is 1. The van der Waals surface area contributed by atoms with E-state index in [1.807, 2.05) is 24.3 Å². The number of nitriles is 1. The van der Waals surface area contributed by atoms with Crippen LogP contribution >= 0.6 is 0 Å². The lowest BCUT2D eigenvalue weighted by atomic mass is 10.1. The van der Waals surface area contributed by atoms with Gasteiger partial charge in [0.25, 0.3) is 0 Å². The summed E-state index contributed by atoms with van der Waals surface area (Å²) >= 11 is 0. The molecule has 2 N–H and O–H groups in total. The molecule has 0 aromatic heterocycles. The van der Waals surface area contributed by atoms with Crippen LogP contribution in [0.2, 0.25) is 0 Å². The van der Waals surface area contributed by atoms with Gasteiger partial charge in [0.2, 0.25) is 5.91 Å². The molecule has 0 spiro atoms. The quantitative estimate of drug-likeness (QED) is 0.875. The van der Waals surface area contributed by atoms with E-state index in [0.717, 1.165) is 11.3 Å². The van der Waals surface area contributed by atoms with E-state index in [-0.39, 0.29) is 5.91 Å². The van der Waals surface area contributed by atoms with Crippen molar-refractivity contribution in [1.82, 2.24) is 0 Å². The van der Waals surface area contributed by atoms with Crippen molar-refractivity contribution in [2.24, 2.45) is 0 Å². The van der Waals surface area contributed by atoms with E-state index in [1.54, 1.807) is 36.2 Å². The molecule has 0 aliphatic heterocycles. The van der Waals surface area contributed by atoms with Crippen molar-refractivity contribution in [3.05, 3.63) is 59.7 Å². The molecule has 0 saturated heterocycles. The van der Waals surface area contributed by atoms with Crippen LogP contribution in [0.15, 0.2) is 48.5 Å². The highest BCUT2D eigenvalue weighted by atomic mass is 16.2. The van der Waals surface area contributed by atoms with Crippen molar-refractivity contribution < 1.29 is 4.79 Å². The zero-order valence-electron chi connectivity index (χ0n) is 11.9. The maximum Gasteiger partial charge on any atom is 0.227 e. The Hall–Kier alpha value is -2.80. The molecule has 0 aliphatic rings. The lowest BCUT2D eigenvalue weighted by Gasteiger charge is -2.17. The first-order valence-corrected chi connectivity index (χ1v) is 6.72. The number of carbonyl (C=O) groups excluding carboxylic acids is 1. The van der Waals surface area contributed by atoms with Gasteiger partial charge in [-0.2, -0.15) is 5.26 Å². The summed E-state index contributed by atoms with van der Waals surface area (Å²) in [5.74, 6) is 0.0166. The van der Waals surface area contributed by atoms with Gasteiger partial charge in [0.15, 0.2) is 0 Å². The van der Waals surface area contributed by atoms with Gasteiger partial charge in [0.05, 0.1) is 11.6 Å². The summed E-state index contributed by atoms with van der Waals surface area (Å²) in [4.78, 5) is 13.8. The minimum atomic E-state index is 0.0166. The molecular formula is C17H17N3O. The van der Waals surface area contributed by atoms with Gasteiger partial charge >= 0.3 is 0 Å². The standard InChI is InChI=1S/C17H17N3O/c1-20(15-9-6-13(12-18)7-10-15)17(21)11-8-14-4-2-3-5-16(14)19/h2-7,9-10H,8,11,19H2,1H3. The minimum Gasteiger partial charge on any atom is -0.399 e. The number of amides is 1. The van der Waals surface area contributed by atoms with E-state index in [1.165, 1.54) is 0 Å². The Balaban J connectivity index is 1.99. The van der Waals surface area contributed by atoms with Gasteiger partial charge in [-0.15, -0.1) is 0 Å². The van der Waals surface area contributed by atoms with Crippen LogP contribution in [0.5, 0.6) is 0 Å². The number of carbonyl (C=O) groups is 1. The molecule has 4 heteroatoms. The van der Waals surface area contributed by atoms with E-state index in [9.17, 15) is 4.79 Å². The molecule has 0 saturated carbocycles. The van der Waals surface area contributed by atoms with Crippen molar-refractivity contribution in [3.63, 3.8) is 0 Å². The van der Waals surface area contributed by atoms with Crippen LogP contribution in [-0.2, 0) is 11.2 Å². The van der Waals surface area contributed by atoms with E-state index in [0.29, 0.717) is 24.1 Å². The molecule has 2 rings (SSSR count). The predicted octanol–water partition coefficient (Wildman–Crippen LogP) is 2.74. The summed E-state index contributed by atoms with van der Waals surface area (Å²) < 4.78 is 0. The number of rotatable bonds is 4. The Morgan fingerprint density at radius 1 is 1.19 bits per heavy atom. The molecule has 0 bridgehead atoms. The molecular weight excluding hydrogens is 262 g/mol. The van der Waals surface area contributed by atoms with Gasteiger partial charge in [-0.1, -0.05) is 18.2 Å². The summed E-state index contributed by atoms with van der Waals surface area (Å²) in [7, 11) is 1.73.